The number of carbonyl (C=O) groups is 2. The molecule has 3 N–H and O–H groups in total. The molecule has 1 aromatic heterocycles. The zero-order valence-electron chi connectivity index (χ0n) is 24.4. The van der Waals surface area contributed by atoms with Gasteiger partial charge in [0.05, 0.1) is 5.56 Å². The van der Waals surface area contributed by atoms with Crippen LogP contribution in [0, 0.1) is 6.92 Å². The Morgan fingerprint density at radius 1 is 0.929 bits per heavy atom. The Labute approximate surface area is 247 Å². The van der Waals surface area contributed by atoms with Gasteiger partial charge in [0.15, 0.2) is 0 Å². The molecule has 42 heavy (non-hydrogen) atoms. The van der Waals surface area contributed by atoms with Crippen LogP contribution in [0.5, 0.6) is 5.75 Å². The van der Waals surface area contributed by atoms with Crippen LogP contribution in [0.15, 0.2) is 60.8 Å². The number of amides is 2. The number of nitrogens with zero attached hydrogens (tertiary/aromatic N) is 4. The van der Waals surface area contributed by atoms with Crippen LogP contribution in [0.4, 0.5) is 11.5 Å². The van der Waals surface area contributed by atoms with E-state index in [0.29, 0.717) is 35.3 Å². The van der Waals surface area contributed by atoms with Crippen molar-refractivity contribution < 1.29 is 14.7 Å². The molecule has 0 saturated carbocycles. The number of hydrogen-bond acceptors (Lipinski definition) is 7. The Bertz CT molecular complexity index is 1400. The SMILES string of the molecule is Cc1c(O)cccc1C(=O)NC1CC2CCC(C1)N2c1ccc(C(=O)NCc2ccc(N3CCN(C)CC3)cc2)cn1. The molecule has 0 radical (unpaired) electrons. The average molecular weight is 569 g/mol. The van der Waals surface area contributed by atoms with Crippen molar-refractivity contribution in [2.45, 2.75) is 57.3 Å². The number of rotatable bonds is 7. The van der Waals surface area contributed by atoms with Crippen molar-refractivity contribution in [1.82, 2.24) is 20.5 Å². The number of carbonyl (C=O) groups excluding carboxylic acids is 2. The maximum Gasteiger partial charge on any atom is 0.253 e. The van der Waals surface area contributed by atoms with Crippen LogP contribution in [0.3, 0.4) is 0 Å². The molecular formula is C33H40N6O3. The van der Waals surface area contributed by atoms with E-state index in [9.17, 15) is 14.7 Å². The Balaban J connectivity index is 1.01. The van der Waals surface area contributed by atoms with E-state index in [1.165, 1.54) is 5.69 Å². The van der Waals surface area contributed by atoms with Gasteiger partial charge in [-0.05, 0) is 81.6 Å². The highest BCUT2D eigenvalue weighted by molar-refractivity contribution is 5.96. The number of likely N-dealkylation sites (N-methyl/N-ethyl adjacent to an activating group) is 1. The molecule has 2 bridgehead atoms. The van der Waals surface area contributed by atoms with Crippen LogP contribution in [0.1, 0.15) is 57.5 Å². The third-order valence-electron chi connectivity index (χ3n) is 9.15. The lowest BCUT2D eigenvalue weighted by molar-refractivity contribution is 0.0923. The molecule has 2 amide bonds. The van der Waals surface area contributed by atoms with Crippen LogP contribution in [-0.4, -0.2) is 78.2 Å². The van der Waals surface area contributed by atoms with E-state index >= 15 is 0 Å². The molecule has 3 aliphatic rings. The van der Waals surface area contributed by atoms with Gasteiger partial charge in [-0.15, -0.1) is 0 Å². The van der Waals surface area contributed by atoms with Crippen molar-refractivity contribution in [2.75, 3.05) is 43.0 Å². The fourth-order valence-electron chi connectivity index (χ4n) is 6.65. The Morgan fingerprint density at radius 2 is 1.64 bits per heavy atom. The minimum atomic E-state index is -0.138. The van der Waals surface area contributed by atoms with Crippen LogP contribution >= 0.6 is 0 Å². The number of piperazine rings is 1. The second kappa shape index (κ2) is 12.0. The molecule has 4 heterocycles. The standard InChI is InChI=1S/C33H40N6O3/c1-22-29(4-3-5-30(22)40)33(42)36-25-18-27-11-12-28(19-25)39(27)31-13-8-24(21-34-31)32(41)35-20-23-6-9-26(10-7-23)38-16-14-37(2)15-17-38/h3-10,13,21,25,27-28,40H,11-12,14-20H2,1-2H3,(H,35,41)(H,36,42). The third kappa shape index (κ3) is 5.92. The molecule has 9 heteroatoms. The smallest absolute Gasteiger partial charge is 0.253 e. The summed E-state index contributed by atoms with van der Waals surface area (Å²) in [7, 11) is 2.16. The Morgan fingerprint density at radius 3 is 2.31 bits per heavy atom. The molecule has 0 aliphatic carbocycles. The van der Waals surface area contributed by atoms with E-state index in [2.05, 4.69) is 61.6 Å². The second-order valence-corrected chi connectivity index (χ2v) is 11.9. The third-order valence-corrected chi connectivity index (χ3v) is 9.15. The summed E-state index contributed by atoms with van der Waals surface area (Å²) in [5.74, 6) is 0.743. The second-order valence-electron chi connectivity index (χ2n) is 11.9. The normalized spacial score (nSPS) is 22.2. The molecule has 3 aromatic rings. The van der Waals surface area contributed by atoms with Crippen LogP contribution < -0.4 is 20.4 Å². The van der Waals surface area contributed by atoms with Gasteiger partial charge in [0.25, 0.3) is 11.8 Å². The van der Waals surface area contributed by atoms with Gasteiger partial charge in [-0.1, -0.05) is 18.2 Å². The fraction of sp³-hybridized carbons (Fsp3) is 0.424. The number of piperidine rings is 1. The number of hydrogen-bond donors (Lipinski definition) is 3. The Hall–Kier alpha value is -4.11. The summed E-state index contributed by atoms with van der Waals surface area (Å²) in [6, 6.07) is 18.0. The summed E-state index contributed by atoms with van der Waals surface area (Å²) < 4.78 is 0. The molecule has 6 rings (SSSR count). The van der Waals surface area contributed by atoms with Crippen molar-refractivity contribution in [1.29, 1.82) is 0 Å². The number of phenolic OH excluding ortho intramolecular Hbond substituents is 1. The lowest BCUT2D eigenvalue weighted by atomic mass is 9.96. The summed E-state index contributed by atoms with van der Waals surface area (Å²) in [4.78, 5) is 37.6. The largest absolute Gasteiger partial charge is 0.508 e. The molecule has 2 atom stereocenters. The Kier molecular flexibility index (Phi) is 8.02. The van der Waals surface area contributed by atoms with Crippen LogP contribution in [0.25, 0.3) is 0 Å². The topological polar surface area (TPSA) is 101 Å². The maximum atomic E-state index is 12.9. The number of benzene rings is 2. The summed E-state index contributed by atoms with van der Waals surface area (Å²) in [5.41, 5.74) is 3.95. The first-order valence-electron chi connectivity index (χ1n) is 15.0. The summed E-state index contributed by atoms with van der Waals surface area (Å²) >= 11 is 0. The van der Waals surface area contributed by atoms with Crippen molar-refractivity contribution >= 4 is 23.3 Å². The van der Waals surface area contributed by atoms with Crippen LogP contribution in [-0.2, 0) is 6.54 Å². The number of anilines is 2. The first-order valence-corrected chi connectivity index (χ1v) is 15.0. The monoisotopic (exact) mass is 568 g/mol. The van der Waals surface area contributed by atoms with E-state index < -0.39 is 0 Å². The van der Waals surface area contributed by atoms with Gasteiger partial charge < -0.3 is 30.4 Å². The predicted molar refractivity (Wildman–Crippen MR) is 164 cm³/mol. The first kappa shape index (κ1) is 28.0. The van der Waals surface area contributed by atoms with Gasteiger partial charge in [0, 0.05) is 73.9 Å². The van der Waals surface area contributed by atoms with Crippen molar-refractivity contribution in [2.24, 2.45) is 0 Å². The molecule has 3 saturated heterocycles. The first-order chi connectivity index (χ1) is 20.4. The lowest BCUT2D eigenvalue weighted by Gasteiger charge is -2.40. The molecule has 0 spiro atoms. The fourth-order valence-corrected chi connectivity index (χ4v) is 6.65. The van der Waals surface area contributed by atoms with Gasteiger partial charge >= 0.3 is 0 Å². The molecule has 9 nitrogen and oxygen atoms in total. The van der Waals surface area contributed by atoms with Gasteiger partial charge in [0.2, 0.25) is 0 Å². The highest BCUT2D eigenvalue weighted by Gasteiger charge is 2.42. The summed E-state index contributed by atoms with van der Waals surface area (Å²) in [6.45, 7) is 6.44. The molecule has 220 valence electrons. The highest BCUT2D eigenvalue weighted by atomic mass is 16.3. The molecule has 2 unspecified atom stereocenters. The molecule has 3 fully saturated rings. The lowest BCUT2D eigenvalue weighted by Crippen LogP contribution is -2.50. The minimum Gasteiger partial charge on any atom is -0.508 e. The zero-order valence-corrected chi connectivity index (χ0v) is 24.4. The molecule has 3 aliphatic heterocycles. The number of pyridine rings is 1. The van der Waals surface area contributed by atoms with Gasteiger partial charge in [-0.3, -0.25) is 9.59 Å². The van der Waals surface area contributed by atoms with E-state index in [1.807, 2.05) is 12.1 Å². The molecule has 2 aromatic carbocycles. The number of nitrogens with one attached hydrogen (secondary N) is 2. The minimum absolute atomic E-state index is 0.0775. The zero-order chi connectivity index (χ0) is 29.2. The van der Waals surface area contributed by atoms with Gasteiger partial charge in [-0.2, -0.15) is 0 Å². The summed E-state index contributed by atoms with van der Waals surface area (Å²) in [6.07, 6.45) is 5.47. The molecular weight excluding hydrogens is 528 g/mol. The van der Waals surface area contributed by atoms with Crippen molar-refractivity contribution in [3.63, 3.8) is 0 Å². The summed E-state index contributed by atoms with van der Waals surface area (Å²) in [5, 5.41) is 16.2. The quantitative estimate of drug-likeness (QED) is 0.400. The number of fused-ring (bicyclic) bond motifs is 2. The number of aromatic hydroxyl groups is 1. The maximum absolute atomic E-state index is 12.9. The number of phenols is 1. The van der Waals surface area contributed by atoms with E-state index in [1.54, 1.807) is 31.3 Å². The predicted octanol–water partition coefficient (Wildman–Crippen LogP) is 3.71. The van der Waals surface area contributed by atoms with Gasteiger partial charge in [0.1, 0.15) is 11.6 Å². The van der Waals surface area contributed by atoms with E-state index in [0.717, 1.165) is 63.2 Å². The van der Waals surface area contributed by atoms with Crippen molar-refractivity contribution in [3.05, 3.63) is 83.0 Å². The number of aromatic nitrogens is 1. The van der Waals surface area contributed by atoms with Crippen LogP contribution in [0.2, 0.25) is 0 Å². The van der Waals surface area contributed by atoms with Crippen molar-refractivity contribution in [3.8, 4) is 5.75 Å². The average Bonchev–Trinajstić information content (AvgIpc) is 3.27. The van der Waals surface area contributed by atoms with E-state index in [4.69, 9.17) is 0 Å². The highest BCUT2D eigenvalue weighted by Crippen LogP contribution is 2.38. The van der Waals surface area contributed by atoms with E-state index in [-0.39, 0.29) is 23.6 Å². The van der Waals surface area contributed by atoms with Gasteiger partial charge in [-0.25, -0.2) is 4.98 Å².